The fourth-order valence-electron chi connectivity index (χ4n) is 3.35. The quantitative estimate of drug-likeness (QED) is 0.300. The van der Waals surface area contributed by atoms with Crippen LogP contribution in [0.3, 0.4) is 0 Å². The van der Waals surface area contributed by atoms with Gasteiger partial charge in [0.1, 0.15) is 5.75 Å². The molecule has 170 valence electrons. The molecule has 34 heavy (non-hydrogen) atoms. The Hall–Kier alpha value is -3.90. The highest BCUT2D eigenvalue weighted by Crippen LogP contribution is 2.30. The molecule has 0 aromatic heterocycles. The minimum Gasteiger partial charge on any atom is -0.483 e. The second-order valence-corrected chi connectivity index (χ2v) is 8.45. The van der Waals surface area contributed by atoms with E-state index in [1.807, 2.05) is 78.9 Å². The van der Waals surface area contributed by atoms with Crippen LogP contribution >= 0.6 is 15.9 Å². The number of ether oxygens (including phenoxy) is 1. The van der Waals surface area contributed by atoms with Crippen LogP contribution in [0.5, 0.6) is 5.75 Å². The Bertz CT molecular complexity index is 1260. The van der Waals surface area contributed by atoms with E-state index in [4.69, 9.17) is 4.74 Å². The predicted octanol–water partition coefficient (Wildman–Crippen LogP) is 6.06. The lowest BCUT2D eigenvalue weighted by molar-refractivity contribution is -0.118. The van der Waals surface area contributed by atoms with E-state index < -0.39 is 0 Å². The minimum atomic E-state index is -0.291. The number of rotatable bonds is 8. The first kappa shape index (κ1) is 23.3. The lowest BCUT2D eigenvalue weighted by Crippen LogP contribution is -2.23. The van der Waals surface area contributed by atoms with E-state index in [9.17, 15) is 9.59 Å². The lowest BCUT2D eigenvalue weighted by atomic mass is 10.1. The van der Waals surface area contributed by atoms with Crippen molar-refractivity contribution in [2.45, 2.75) is 6.54 Å². The van der Waals surface area contributed by atoms with Crippen molar-refractivity contribution in [3.05, 3.63) is 119 Å². The fraction of sp³-hybridized carbons (Fsp3) is 0.0714. The molecule has 0 radical (unpaired) electrons. The van der Waals surface area contributed by atoms with Gasteiger partial charge in [0.2, 0.25) is 0 Å². The highest BCUT2D eigenvalue weighted by molar-refractivity contribution is 9.10. The minimum absolute atomic E-state index is 0.136. The van der Waals surface area contributed by atoms with E-state index in [2.05, 4.69) is 26.6 Å². The highest BCUT2D eigenvalue weighted by atomic mass is 79.9. The number of amides is 2. The summed E-state index contributed by atoms with van der Waals surface area (Å²) in [5.41, 5.74) is 4.29. The van der Waals surface area contributed by atoms with E-state index in [0.717, 1.165) is 21.2 Å². The second-order valence-electron chi connectivity index (χ2n) is 7.59. The Balaban J connectivity index is 1.27. The first-order valence-corrected chi connectivity index (χ1v) is 11.6. The van der Waals surface area contributed by atoms with E-state index >= 15 is 0 Å². The zero-order valence-corrected chi connectivity index (χ0v) is 19.9. The summed E-state index contributed by atoms with van der Waals surface area (Å²) < 4.78 is 6.45. The summed E-state index contributed by atoms with van der Waals surface area (Å²) in [6, 6.07) is 32.2. The van der Waals surface area contributed by atoms with Crippen molar-refractivity contribution >= 4 is 33.4 Å². The predicted molar refractivity (Wildman–Crippen MR) is 138 cm³/mol. The van der Waals surface area contributed by atoms with Crippen molar-refractivity contribution in [1.29, 1.82) is 0 Å². The van der Waals surface area contributed by atoms with E-state index in [1.165, 1.54) is 0 Å². The number of hydrogen-bond acceptors (Lipinski definition) is 3. The Labute approximate surface area is 206 Å². The van der Waals surface area contributed by atoms with Gasteiger partial charge in [-0.25, -0.2) is 0 Å². The smallest absolute Gasteiger partial charge is 0.262 e. The number of carbonyl (C=O) groups is 2. The van der Waals surface area contributed by atoms with Crippen molar-refractivity contribution in [2.75, 3.05) is 11.9 Å². The van der Waals surface area contributed by atoms with Gasteiger partial charge in [-0.3, -0.25) is 9.59 Å². The zero-order chi connectivity index (χ0) is 23.8. The van der Waals surface area contributed by atoms with Crippen LogP contribution in [-0.4, -0.2) is 18.4 Å². The fourth-order valence-corrected chi connectivity index (χ4v) is 3.85. The van der Waals surface area contributed by atoms with Gasteiger partial charge in [0.05, 0.1) is 4.47 Å². The molecule has 0 saturated carbocycles. The normalized spacial score (nSPS) is 10.4. The number of carbonyl (C=O) groups excluding carboxylic acids is 2. The van der Waals surface area contributed by atoms with Gasteiger partial charge in [-0.1, -0.05) is 66.7 Å². The summed E-state index contributed by atoms with van der Waals surface area (Å²) in [5, 5.41) is 5.66. The Morgan fingerprint density at radius 3 is 2.12 bits per heavy atom. The molecule has 0 atom stereocenters. The summed E-state index contributed by atoms with van der Waals surface area (Å²) in [6.45, 7) is 0.319. The van der Waals surface area contributed by atoms with Crippen LogP contribution in [-0.2, 0) is 11.3 Å². The first-order chi connectivity index (χ1) is 16.6. The second kappa shape index (κ2) is 11.3. The molecule has 0 saturated heterocycles. The van der Waals surface area contributed by atoms with Gasteiger partial charge in [0.25, 0.3) is 11.8 Å². The van der Waals surface area contributed by atoms with Gasteiger partial charge in [-0.15, -0.1) is 0 Å². The third kappa shape index (κ3) is 6.33. The molecule has 0 aliphatic carbocycles. The molecule has 0 aliphatic rings. The Kier molecular flexibility index (Phi) is 7.73. The monoisotopic (exact) mass is 514 g/mol. The molecule has 2 amide bonds. The number of hydrogen-bond donors (Lipinski definition) is 2. The summed E-state index contributed by atoms with van der Waals surface area (Å²) in [4.78, 5) is 24.7. The van der Waals surface area contributed by atoms with Crippen LogP contribution in [0.15, 0.2) is 108 Å². The van der Waals surface area contributed by atoms with Gasteiger partial charge in [-0.05, 0) is 69.0 Å². The standard InChI is InChI=1S/C28H23BrN2O3/c29-25-17-23(21-9-5-2-6-10-21)13-16-26(25)34-19-27(32)31-24-14-11-22(12-15-24)28(33)30-18-20-7-3-1-4-8-20/h1-17H,18-19H2,(H,30,33)(H,31,32). The van der Waals surface area contributed by atoms with E-state index in [0.29, 0.717) is 23.5 Å². The average Bonchev–Trinajstić information content (AvgIpc) is 2.88. The van der Waals surface area contributed by atoms with Crippen LogP contribution in [0.2, 0.25) is 0 Å². The Morgan fingerprint density at radius 2 is 1.44 bits per heavy atom. The molecule has 2 N–H and O–H groups in total. The SMILES string of the molecule is O=C(COc1ccc(-c2ccccc2)cc1Br)Nc1ccc(C(=O)NCc2ccccc2)cc1. The molecule has 0 spiro atoms. The molecule has 5 nitrogen and oxygen atoms in total. The largest absolute Gasteiger partial charge is 0.483 e. The first-order valence-electron chi connectivity index (χ1n) is 10.8. The molecule has 4 rings (SSSR count). The van der Waals surface area contributed by atoms with E-state index in [-0.39, 0.29) is 18.4 Å². The summed E-state index contributed by atoms with van der Waals surface area (Å²) in [5.74, 6) is 0.120. The molecular weight excluding hydrogens is 492 g/mol. The van der Waals surface area contributed by atoms with Crippen molar-refractivity contribution in [3.63, 3.8) is 0 Å². The summed E-state index contributed by atoms with van der Waals surface area (Å²) in [6.07, 6.45) is 0. The number of nitrogens with one attached hydrogen (secondary N) is 2. The van der Waals surface area contributed by atoms with Crippen LogP contribution in [0.4, 0.5) is 5.69 Å². The van der Waals surface area contributed by atoms with Crippen LogP contribution in [0.1, 0.15) is 15.9 Å². The maximum absolute atomic E-state index is 12.3. The molecule has 4 aromatic carbocycles. The summed E-state index contributed by atoms with van der Waals surface area (Å²) >= 11 is 3.52. The van der Waals surface area contributed by atoms with Crippen molar-refractivity contribution < 1.29 is 14.3 Å². The molecule has 0 unspecified atom stereocenters. The third-order valence-corrected chi connectivity index (χ3v) is 5.74. The number of benzene rings is 4. The maximum Gasteiger partial charge on any atom is 0.262 e. The highest BCUT2D eigenvalue weighted by Gasteiger charge is 2.09. The van der Waals surface area contributed by atoms with Gasteiger partial charge >= 0.3 is 0 Å². The zero-order valence-electron chi connectivity index (χ0n) is 18.3. The topological polar surface area (TPSA) is 67.4 Å². The maximum atomic E-state index is 12.3. The van der Waals surface area contributed by atoms with Crippen molar-refractivity contribution in [3.8, 4) is 16.9 Å². The van der Waals surface area contributed by atoms with Gasteiger partial charge in [0.15, 0.2) is 6.61 Å². The molecule has 0 bridgehead atoms. The molecule has 0 aliphatic heterocycles. The van der Waals surface area contributed by atoms with Crippen molar-refractivity contribution in [2.24, 2.45) is 0 Å². The molecule has 4 aromatic rings. The van der Waals surface area contributed by atoms with E-state index in [1.54, 1.807) is 24.3 Å². The van der Waals surface area contributed by atoms with Crippen LogP contribution < -0.4 is 15.4 Å². The number of anilines is 1. The van der Waals surface area contributed by atoms with Crippen LogP contribution in [0, 0.1) is 0 Å². The van der Waals surface area contributed by atoms with Gasteiger partial charge < -0.3 is 15.4 Å². The van der Waals surface area contributed by atoms with Gasteiger partial charge in [-0.2, -0.15) is 0 Å². The molecule has 0 heterocycles. The molecular formula is C28H23BrN2O3. The number of halogens is 1. The Morgan fingerprint density at radius 1 is 0.765 bits per heavy atom. The van der Waals surface area contributed by atoms with Crippen molar-refractivity contribution in [1.82, 2.24) is 5.32 Å². The van der Waals surface area contributed by atoms with Gasteiger partial charge in [0, 0.05) is 17.8 Å². The van der Waals surface area contributed by atoms with Crippen LogP contribution in [0.25, 0.3) is 11.1 Å². The molecule has 0 fully saturated rings. The average molecular weight is 515 g/mol. The lowest BCUT2D eigenvalue weighted by Gasteiger charge is -2.11. The molecule has 6 heteroatoms. The summed E-state index contributed by atoms with van der Waals surface area (Å²) in [7, 11) is 0. The third-order valence-electron chi connectivity index (χ3n) is 5.12.